The second-order valence-corrected chi connectivity index (χ2v) is 17.0. The van der Waals surface area contributed by atoms with Gasteiger partial charge in [0, 0.05) is 32.9 Å². The van der Waals surface area contributed by atoms with Crippen molar-refractivity contribution >= 4 is 144 Å². The Bertz CT molecular complexity index is 3790. The van der Waals surface area contributed by atoms with Gasteiger partial charge in [0.25, 0.3) is 0 Å². The zero-order valence-electron chi connectivity index (χ0n) is 33.8. The quantitative estimate of drug-likeness (QED) is 0.129. The highest BCUT2D eigenvalue weighted by Crippen LogP contribution is 2.52. The molecular formula is C58H33BN2O2. The molecule has 63 heavy (non-hydrogen) atoms. The normalized spacial score (nSPS) is 13.3. The number of benzene rings is 11. The summed E-state index contributed by atoms with van der Waals surface area (Å²) in [7, 11) is 0. The van der Waals surface area contributed by atoms with Gasteiger partial charge in [-0.05, 0) is 108 Å². The number of fused-ring (bicyclic) bond motifs is 20. The highest BCUT2D eigenvalue weighted by molar-refractivity contribution is 6.99. The maximum atomic E-state index is 7.21. The Kier molecular flexibility index (Phi) is 6.47. The van der Waals surface area contributed by atoms with Crippen molar-refractivity contribution < 1.29 is 8.83 Å². The molecule has 0 radical (unpaired) electrons. The molecule has 13 aromatic rings. The molecule has 4 heterocycles. The first kappa shape index (κ1) is 33.4. The predicted molar refractivity (Wildman–Crippen MR) is 265 cm³/mol. The summed E-state index contributed by atoms with van der Waals surface area (Å²) in [6.45, 7) is -0.311. The number of furan rings is 2. The molecule has 4 nitrogen and oxygen atoms in total. The highest BCUT2D eigenvalue weighted by atomic mass is 16.3. The van der Waals surface area contributed by atoms with Gasteiger partial charge in [-0.1, -0.05) is 152 Å². The van der Waals surface area contributed by atoms with Crippen molar-refractivity contribution in [1.82, 2.24) is 0 Å². The van der Waals surface area contributed by atoms with Crippen LogP contribution in [0.2, 0.25) is 0 Å². The number of nitrogens with zero attached hydrogens (tertiary/aromatic N) is 2. The van der Waals surface area contributed by atoms with E-state index in [0.29, 0.717) is 0 Å². The van der Waals surface area contributed by atoms with Crippen LogP contribution < -0.4 is 26.6 Å². The predicted octanol–water partition coefficient (Wildman–Crippen LogP) is 14.2. The number of hydrogen-bond acceptors (Lipinski definition) is 4. The van der Waals surface area contributed by atoms with Crippen LogP contribution in [0, 0.1) is 0 Å². The molecule has 0 saturated heterocycles. The smallest absolute Gasteiger partial charge is 0.342 e. The molecule has 0 aliphatic carbocycles. The molecule has 2 aliphatic heterocycles. The molecule has 0 unspecified atom stereocenters. The maximum Gasteiger partial charge on any atom is 0.342 e. The van der Waals surface area contributed by atoms with E-state index in [2.05, 4.69) is 210 Å². The third-order valence-corrected chi connectivity index (χ3v) is 14.0. The minimum absolute atomic E-state index is 0.311. The summed E-state index contributed by atoms with van der Waals surface area (Å²) in [6.07, 6.45) is 0. The van der Waals surface area contributed by atoms with Crippen LogP contribution in [0.5, 0.6) is 0 Å². The van der Waals surface area contributed by atoms with Crippen molar-refractivity contribution in [2.45, 2.75) is 0 Å². The van der Waals surface area contributed by atoms with E-state index in [4.69, 9.17) is 8.83 Å². The van der Waals surface area contributed by atoms with Crippen molar-refractivity contribution in [3.63, 3.8) is 0 Å². The van der Waals surface area contributed by atoms with Gasteiger partial charge in [-0.15, -0.1) is 0 Å². The van der Waals surface area contributed by atoms with Crippen LogP contribution in [-0.4, -0.2) is 6.71 Å². The molecule has 0 saturated carbocycles. The second kappa shape index (κ2) is 12.2. The van der Waals surface area contributed by atoms with E-state index in [1.54, 1.807) is 0 Å². The van der Waals surface area contributed by atoms with Crippen LogP contribution in [-0.2, 0) is 0 Å². The van der Waals surface area contributed by atoms with Crippen molar-refractivity contribution in [2.75, 3.05) is 9.80 Å². The standard InChI is InChI=1S/C58H33BN2O2/c1-3-18-38-34(16-1)36-20-5-7-22-40(36)52-42(38)26-13-28-46(52)60-48-30-15-31-49-54(48)59(57-55(60)44-24-9-11-32-50(44)62-57)58-56(45-25-10-12-33-51(45)63-58)61(49)47-29-14-27-43-39-19-4-2-17-35(39)37-21-6-8-23-41(37)53(43)47/h1-33H. The van der Waals surface area contributed by atoms with E-state index >= 15 is 0 Å². The van der Waals surface area contributed by atoms with Crippen LogP contribution in [0.15, 0.2) is 209 Å². The average molecular weight is 801 g/mol. The fraction of sp³-hybridized carbons (Fsp3) is 0. The van der Waals surface area contributed by atoms with E-state index in [1.165, 1.54) is 64.6 Å². The Morgan fingerprint density at radius 3 is 0.952 bits per heavy atom. The lowest BCUT2D eigenvalue weighted by molar-refractivity contribution is 0.637. The second-order valence-electron chi connectivity index (χ2n) is 17.0. The molecule has 2 aliphatic rings. The molecule has 0 atom stereocenters. The molecule has 290 valence electrons. The minimum atomic E-state index is -0.311. The third kappa shape index (κ3) is 4.26. The first-order chi connectivity index (χ1) is 31.3. The summed E-state index contributed by atoms with van der Waals surface area (Å²) in [6, 6.07) is 72.8. The Hall–Kier alpha value is -8.28. The SMILES string of the molecule is c1cc2c3c(c1)N(c1cccc4c5ccccc5c5ccccc5c14)c1c(oc4ccccc14)B3c1oc3ccccc3c1N2c1cccc2c3ccccc3c3ccccc3c12. The summed E-state index contributed by atoms with van der Waals surface area (Å²) >= 11 is 0. The Balaban J connectivity index is 1.11. The summed E-state index contributed by atoms with van der Waals surface area (Å²) in [5, 5.41) is 16.9. The fourth-order valence-electron chi connectivity index (χ4n) is 11.5. The lowest BCUT2D eigenvalue weighted by Crippen LogP contribution is -2.60. The van der Waals surface area contributed by atoms with Crippen LogP contribution in [0.1, 0.15) is 0 Å². The minimum Gasteiger partial charge on any atom is -0.468 e. The lowest BCUT2D eigenvalue weighted by Gasteiger charge is -2.41. The van der Waals surface area contributed by atoms with Gasteiger partial charge >= 0.3 is 6.71 Å². The zero-order valence-corrected chi connectivity index (χ0v) is 33.8. The molecule has 11 aromatic carbocycles. The summed E-state index contributed by atoms with van der Waals surface area (Å²) in [4.78, 5) is 5.00. The van der Waals surface area contributed by atoms with E-state index < -0.39 is 0 Å². The molecule has 0 bridgehead atoms. The molecule has 2 aromatic heterocycles. The van der Waals surface area contributed by atoms with E-state index in [-0.39, 0.29) is 6.71 Å². The average Bonchev–Trinajstić information content (AvgIpc) is 3.93. The van der Waals surface area contributed by atoms with Crippen LogP contribution in [0.3, 0.4) is 0 Å². The van der Waals surface area contributed by atoms with Crippen molar-refractivity contribution in [3.05, 3.63) is 200 Å². The topological polar surface area (TPSA) is 32.8 Å². The summed E-state index contributed by atoms with van der Waals surface area (Å²) in [5.74, 6) is 0. The van der Waals surface area contributed by atoms with Gasteiger partial charge in [0.15, 0.2) is 0 Å². The number of rotatable bonds is 2. The molecule has 5 heteroatoms. The van der Waals surface area contributed by atoms with Gasteiger partial charge in [-0.2, -0.15) is 0 Å². The van der Waals surface area contributed by atoms with Gasteiger partial charge in [-0.3, -0.25) is 0 Å². The van der Waals surface area contributed by atoms with Crippen molar-refractivity contribution in [2.24, 2.45) is 0 Å². The van der Waals surface area contributed by atoms with E-state index in [9.17, 15) is 0 Å². The molecule has 15 rings (SSSR count). The van der Waals surface area contributed by atoms with Gasteiger partial charge in [0.05, 0.1) is 22.7 Å². The highest BCUT2D eigenvalue weighted by Gasteiger charge is 2.50. The van der Waals surface area contributed by atoms with Crippen LogP contribution in [0.4, 0.5) is 34.1 Å². The number of hydrogen-bond donors (Lipinski definition) is 0. The van der Waals surface area contributed by atoms with E-state index in [0.717, 1.165) is 72.8 Å². The molecule has 0 spiro atoms. The van der Waals surface area contributed by atoms with Crippen molar-refractivity contribution in [3.8, 4) is 0 Å². The largest absolute Gasteiger partial charge is 0.468 e. The van der Waals surface area contributed by atoms with Crippen LogP contribution in [0.25, 0.3) is 86.6 Å². The maximum absolute atomic E-state index is 7.21. The number of anilines is 6. The summed E-state index contributed by atoms with van der Waals surface area (Å²) < 4.78 is 14.4. The van der Waals surface area contributed by atoms with Gasteiger partial charge in [0.2, 0.25) is 0 Å². The van der Waals surface area contributed by atoms with Crippen LogP contribution >= 0.6 is 0 Å². The summed E-state index contributed by atoms with van der Waals surface area (Å²) in [5.41, 5.74) is 11.1. The first-order valence-electron chi connectivity index (χ1n) is 21.7. The van der Waals surface area contributed by atoms with Gasteiger partial charge in [-0.25, -0.2) is 0 Å². The molecular weight excluding hydrogens is 767 g/mol. The van der Waals surface area contributed by atoms with E-state index in [1.807, 2.05) is 0 Å². The van der Waals surface area contributed by atoms with Gasteiger partial charge < -0.3 is 18.6 Å². The van der Waals surface area contributed by atoms with Crippen molar-refractivity contribution in [1.29, 1.82) is 0 Å². The lowest BCUT2D eigenvalue weighted by atomic mass is 9.37. The molecule has 0 fully saturated rings. The zero-order chi connectivity index (χ0) is 40.9. The van der Waals surface area contributed by atoms with Gasteiger partial charge in [0.1, 0.15) is 22.5 Å². The fourth-order valence-corrected chi connectivity index (χ4v) is 11.5. The Labute approximate surface area is 361 Å². The monoisotopic (exact) mass is 800 g/mol. The Morgan fingerprint density at radius 1 is 0.270 bits per heavy atom. The first-order valence-corrected chi connectivity index (χ1v) is 21.7. The number of para-hydroxylation sites is 2. The Morgan fingerprint density at radius 2 is 0.556 bits per heavy atom. The molecule has 0 N–H and O–H groups in total. The third-order valence-electron chi connectivity index (χ3n) is 14.0. The molecule has 0 amide bonds.